The highest BCUT2D eigenvalue weighted by atomic mass is 35.5. The average Bonchev–Trinajstić information content (AvgIpc) is 2.59. The molecule has 0 aliphatic rings. The van der Waals surface area contributed by atoms with Gasteiger partial charge in [0.25, 0.3) is 5.91 Å². The second kappa shape index (κ2) is 9.15. The van der Waals surface area contributed by atoms with Gasteiger partial charge in [0.2, 0.25) is 0 Å². The molecular weight excluding hydrogens is 353 g/mol. The molecule has 2 aromatic rings. The van der Waals surface area contributed by atoms with Crippen LogP contribution in [0.5, 0.6) is 5.75 Å². The number of nitrogens with one attached hydrogen (secondary N) is 1. The van der Waals surface area contributed by atoms with Crippen LogP contribution in [0.2, 0.25) is 10.0 Å². The number of hydrogen-bond acceptors (Lipinski definition) is 4. The van der Waals surface area contributed by atoms with Gasteiger partial charge in [0.05, 0.1) is 10.0 Å². The van der Waals surface area contributed by atoms with Gasteiger partial charge >= 0.3 is 5.97 Å². The van der Waals surface area contributed by atoms with Crippen LogP contribution < -0.4 is 10.1 Å². The molecule has 2 rings (SSSR count). The van der Waals surface area contributed by atoms with Crippen molar-refractivity contribution in [3.8, 4) is 5.75 Å². The summed E-state index contributed by atoms with van der Waals surface area (Å²) in [6.45, 7) is -0.107. The highest BCUT2D eigenvalue weighted by molar-refractivity contribution is 6.37. The second-order valence-corrected chi connectivity index (χ2v) is 5.48. The maximum atomic E-state index is 11.8. The van der Waals surface area contributed by atoms with E-state index in [2.05, 4.69) is 5.32 Å². The van der Waals surface area contributed by atoms with Crippen LogP contribution in [0.25, 0.3) is 0 Å². The number of hydrogen-bond donors (Lipinski definition) is 1. The average molecular weight is 368 g/mol. The Morgan fingerprint density at radius 3 is 2.25 bits per heavy atom. The Morgan fingerprint density at radius 2 is 1.58 bits per heavy atom. The Morgan fingerprint density at radius 1 is 0.917 bits per heavy atom. The van der Waals surface area contributed by atoms with Gasteiger partial charge in [-0.15, -0.1) is 0 Å². The molecule has 0 heterocycles. The van der Waals surface area contributed by atoms with Gasteiger partial charge in [-0.2, -0.15) is 0 Å². The topological polar surface area (TPSA) is 64.6 Å². The fourth-order valence-corrected chi connectivity index (χ4v) is 2.32. The summed E-state index contributed by atoms with van der Waals surface area (Å²) >= 11 is 11.9. The molecule has 7 heteroatoms. The first-order chi connectivity index (χ1) is 11.6. The van der Waals surface area contributed by atoms with E-state index in [0.29, 0.717) is 21.4 Å². The molecule has 0 saturated heterocycles. The molecule has 126 valence electrons. The Labute approximate surface area is 149 Å². The fourth-order valence-electron chi connectivity index (χ4n) is 1.81. The summed E-state index contributed by atoms with van der Waals surface area (Å²) in [6.07, 6.45) is 0. The molecule has 1 N–H and O–H groups in total. The quantitative estimate of drug-likeness (QED) is 0.601. The van der Waals surface area contributed by atoms with E-state index in [-0.39, 0.29) is 25.7 Å². The maximum absolute atomic E-state index is 11.8. The minimum atomic E-state index is -0.562. The molecule has 5 nitrogen and oxygen atoms in total. The summed E-state index contributed by atoms with van der Waals surface area (Å²) in [5.41, 5.74) is 0.474. The molecule has 1 amide bonds. The van der Waals surface area contributed by atoms with Gasteiger partial charge in [-0.05, 0) is 24.3 Å². The Kier molecular flexibility index (Phi) is 6.90. The second-order valence-electron chi connectivity index (χ2n) is 4.67. The van der Waals surface area contributed by atoms with Crippen LogP contribution >= 0.6 is 23.2 Å². The molecular formula is C17H15Cl2NO4. The van der Waals surface area contributed by atoms with Crippen LogP contribution in [0.3, 0.4) is 0 Å². The lowest BCUT2D eigenvalue weighted by molar-refractivity contribution is -0.143. The lowest BCUT2D eigenvalue weighted by Crippen LogP contribution is -2.31. The van der Waals surface area contributed by atoms with Crippen molar-refractivity contribution >= 4 is 35.1 Å². The van der Waals surface area contributed by atoms with Crippen molar-refractivity contribution in [2.24, 2.45) is 0 Å². The first kappa shape index (κ1) is 18.1. The van der Waals surface area contributed by atoms with Crippen molar-refractivity contribution in [2.75, 3.05) is 19.8 Å². The Bertz CT molecular complexity index is 687. The number of rotatable bonds is 7. The molecule has 0 fully saturated rings. The smallest absolute Gasteiger partial charge is 0.325 e. The minimum absolute atomic E-state index is 0.0155. The lowest BCUT2D eigenvalue weighted by atomic mass is 10.2. The first-order valence-electron chi connectivity index (χ1n) is 7.13. The predicted molar refractivity (Wildman–Crippen MR) is 91.7 cm³/mol. The van der Waals surface area contributed by atoms with Gasteiger partial charge < -0.3 is 14.8 Å². The molecule has 24 heavy (non-hydrogen) atoms. The summed E-state index contributed by atoms with van der Waals surface area (Å²) in [5.74, 6) is -0.561. The number of para-hydroxylation sites is 1. The first-order valence-corrected chi connectivity index (χ1v) is 7.89. The van der Waals surface area contributed by atoms with Crippen LogP contribution in [-0.2, 0) is 9.53 Å². The van der Waals surface area contributed by atoms with E-state index in [9.17, 15) is 9.59 Å². The van der Waals surface area contributed by atoms with Crippen LogP contribution in [0, 0.1) is 0 Å². The standard InChI is InChI=1S/C17H15Cl2NO4/c18-13-7-4-8-14(19)16(13)24-10-9-23-15(21)11-20-17(22)12-5-2-1-3-6-12/h1-8H,9-11H2,(H,20,22). The molecule has 0 aliphatic heterocycles. The normalized spacial score (nSPS) is 10.1. The highest BCUT2D eigenvalue weighted by Crippen LogP contribution is 2.32. The summed E-state index contributed by atoms with van der Waals surface area (Å²) in [4.78, 5) is 23.3. The van der Waals surface area contributed by atoms with E-state index in [1.54, 1.807) is 48.5 Å². The van der Waals surface area contributed by atoms with E-state index in [1.165, 1.54) is 0 Å². The maximum Gasteiger partial charge on any atom is 0.325 e. The SMILES string of the molecule is O=C(CNC(=O)c1ccccc1)OCCOc1c(Cl)cccc1Cl. The van der Waals surface area contributed by atoms with Crippen molar-refractivity contribution in [1.29, 1.82) is 0 Å². The third-order valence-electron chi connectivity index (χ3n) is 2.94. The van der Waals surface area contributed by atoms with Gasteiger partial charge in [0.15, 0.2) is 5.75 Å². The van der Waals surface area contributed by atoms with E-state index in [1.807, 2.05) is 0 Å². The number of esters is 1. The molecule has 0 aliphatic carbocycles. The van der Waals surface area contributed by atoms with Crippen LogP contribution in [0.15, 0.2) is 48.5 Å². The number of halogens is 2. The zero-order chi connectivity index (χ0) is 17.4. The molecule has 0 unspecified atom stereocenters. The molecule has 0 radical (unpaired) electrons. The predicted octanol–water partition coefficient (Wildman–Crippen LogP) is 3.35. The van der Waals surface area contributed by atoms with Gasteiger partial charge in [-0.3, -0.25) is 9.59 Å². The third kappa shape index (κ3) is 5.44. The van der Waals surface area contributed by atoms with Gasteiger partial charge in [0, 0.05) is 5.56 Å². The van der Waals surface area contributed by atoms with E-state index < -0.39 is 5.97 Å². The zero-order valence-electron chi connectivity index (χ0n) is 12.6. The number of amides is 1. The summed E-state index contributed by atoms with van der Waals surface area (Å²) in [7, 11) is 0. The van der Waals surface area contributed by atoms with Gasteiger partial charge in [-0.25, -0.2) is 0 Å². The van der Waals surface area contributed by atoms with Crippen LogP contribution in [0.1, 0.15) is 10.4 Å². The van der Waals surface area contributed by atoms with Gasteiger partial charge in [0.1, 0.15) is 19.8 Å². The molecule has 0 aromatic heterocycles. The Balaban J connectivity index is 1.68. The third-order valence-corrected chi connectivity index (χ3v) is 3.54. The molecule has 0 bridgehead atoms. The number of carbonyl (C=O) groups is 2. The highest BCUT2D eigenvalue weighted by Gasteiger charge is 2.09. The van der Waals surface area contributed by atoms with Crippen LogP contribution in [-0.4, -0.2) is 31.6 Å². The molecule has 0 spiro atoms. The Hall–Kier alpha value is -2.24. The molecule has 0 atom stereocenters. The van der Waals surface area contributed by atoms with Crippen molar-refractivity contribution in [3.05, 3.63) is 64.1 Å². The molecule has 0 saturated carbocycles. The number of benzene rings is 2. The largest absolute Gasteiger partial charge is 0.487 e. The zero-order valence-corrected chi connectivity index (χ0v) is 14.1. The fraction of sp³-hybridized carbons (Fsp3) is 0.176. The van der Waals surface area contributed by atoms with Crippen LogP contribution in [0.4, 0.5) is 0 Å². The van der Waals surface area contributed by atoms with E-state index in [0.717, 1.165) is 0 Å². The van der Waals surface area contributed by atoms with Crippen molar-refractivity contribution in [3.63, 3.8) is 0 Å². The molecule has 2 aromatic carbocycles. The van der Waals surface area contributed by atoms with Crippen molar-refractivity contribution in [1.82, 2.24) is 5.32 Å². The number of ether oxygens (including phenoxy) is 2. The van der Waals surface area contributed by atoms with E-state index in [4.69, 9.17) is 32.7 Å². The number of carbonyl (C=O) groups excluding carboxylic acids is 2. The lowest BCUT2D eigenvalue weighted by Gasteiger charge is -2.10. The summed E-state index contributed by atoms with van der Waals surface area (Å²) < 4.78 is 10.3. The minimum Gasteiger partial charge on any atom is -0.487 e. The van der Waals surface area contributed by atoms with Crippen molar-refractivity contribution in [2.45, 2.75) is 0 Å². The monoisotopic (exact) mass is 367 g/mol. The van der Waals surface area contributed by atoms with E-state index >= 15 is 0 Å². The van der Waals surface area contributed by atoms with Gasteiger partial charge in [-0.1, -0.05) is 47.5 Å². The summed E-state index contributed by atoms with van der Waals surface area (Å²) in [6, 6.07) is 13.6. The van der Waals surface area contributed by atoms with Crippen molar-refractivity contribution < 1.29 is 19.1 Å². The summed E-state index contributed by atoms with van der Waals surface area (Å²) in [5, 5.41) is 3.24.